The Labute approximate surface area is 120 Å². The molecule has 0 saturated heterocycles. The molecule has 3 heteroatoms. The van der Waals surface area contributed by atoms with Gasteiger partial charge in [0.2, 0.25) is 0 Å². The van der Waals surface area contributed by atoms with E-state index in [9.17, 15) is 4.39 Å². The van der Waals surface area contributed by atoms with Gasteiger partial charge in [0.15, 0.2) is 0 Å². The molecule has 1 heterocycles. The lowest BCUT2D eigenvalue weighted by molar-refractivity contribution is 0.382. The molecule has 0 aliphatic rings. The lowest BCUT2D eigenvalue weighted by atomic mass is 9.98. The van der Waals surface area contributed by atoms with Gasteiger partial charge < -0.3 is 9.73 Å². The number of nitrogens with one attached hydrogen (secondary N) is 1. The van der Waals surface area contributed by atoms with E-state index in [2.05, 4.69) is 26.1 Å². The molecule has 0 saturated carbocycles. The highest BCUT2D eigenvalue weighted by molar-refractivity contribution is 5.57. The fourth-order valence-corrected chi connectivity index (χ4v) is 1.90. The van der Waals surface area contributed by atoms with Crippen LogP contribution in [0.2, 0.25) is 0 Å². The predicted octanol–water partition coefficient (Wildman–Crippen LogP) is 4.47. The average molecular weight is 275 g/mol. The highest BCUT2D eigenvalue weighted by Gasteiger charge is 2.08. The summed E-state index contributed by atoms with van der Waals surface area (Å²) >= 11 is 0. The summed E-state index contributed by atoms with van der Waals surface area (Å²) in [5.74, 6) is 2.76. The maximum Gasteiger partial charge on any atom is 0.134 e. The normalized spacial score (nSPS) is 12.8. The van der Waals surface area contributed by atoms with Crippen molar-refractivity contribution in [3.63, 3.8) is 0 Å². The van der Waals surface area contributed by atoms with E-state index in [1.807, 2.05) is 12.1 Å². The average Bonchev–Trinajstić information content (AvgIpc) is 2.88. The number of rotatable bonds is 6. The third kappa shape index (κ3) is 3.94. The molecule has 0 bridgehead atoms. The summed E-state index contributed by atoms with van der Waals surface area (Å²) in [5.41, 5.74) is 0.896. The largest absolute Gasteiger partial charge is 0.460 e. The summed E-state index contributed by atoms with van der Waals surface area (Å²) in [4.78, 5) is 0. The molecule has 108 valence electrons. The third-order valence-corrected chi connectivity index (χ3v) is 3.69. The summed E-state index contributed by atoms with van der Waals surface area (Å²) in [5, 5.41) is 3.40. The van der Waals surface area contributed by atoms with Crippen molar-refractivity contribution >= 4 is 0 Å². The van der Waals surface area contributed by atoms with Crippen molar-refractivity contribution in [3.8, 4) is 11.3 Å². The minimum absolute atomic E-state index is 0.232. The Morgan fingerprint density at radius 2 is 1.75 bits per heavy atom. The first-order valence-electron chi connectivity index (χ1n) is 7.11. The van der Waals surface area contributed by atoms with Crippen LogP contribution in [0, 0.1) is 17.7 Å². The predicted molar refractivity (Wildman–Crippen MR) is 79.8 cm³/mol. The number of hydrogen-bond donors (Lipinski definition) is 1. The highest BCUT2D eigenvalue weighted by Crippen LogP contribution is 2.22. The smallest absolute Gasteiger partial charge is 0.134 e. The Balaban J connectivity index is 1.91. The Kier molecular flexibility index (Phi) is 4.96. The molecule has 1 aromatic carbocycles. The van der Waals surface area contributed by atoms with Crippen molar-refractivity contribution in [1.29, 1.82) is 0 Å². The van der Waals surface area contributed by atoms with Crippen molar-refractivity contribution in [2.45, 2.75) is 27.3 Å². The molecule has 0 amide bonds. The van der Waals surface area contributed by atoms with Crippen LogP contribution in [0.1, 0.15) is 26.5 Å². The molecule has 1 atom stereocenters. The lowest BCUT2D eigenvalue weighted by Crippen LogP contribution is -2.23. The summed E-state index contributed by atoms with van der Waals surface area (Å²) < 4.78 is 18.6. The van der Waals surface area contributed by atoms with E-state index in [-0.39, 0.29) is 5.82 Å². The van der Waals surface area contributed by atoms with E-state index < -0.39 is 0 Å². The van der Waals surface area contributed by atoms with Gasteiger partial charge in [-0.05, 0) is 54.8 Å². The van der Waals surface area contributed by atoms with Gasteiger partial charge in [0.05, 0.1) is 6.54 Å². The van der Waals surface area contributed by atoms with Crippen LogP contribution in [0.25, 0.3) is 11.3 Å². The Morgan fingerprint density at radius 1 is 1.05 bits per heavy atom. The maximum absolute atomic E-state index is 12.9. The molecule has 1 unspecified atom stereocenters. The summed E-state index contributed by atoms with van der Waals surface area (Å²) in [6.45, 7) is 8.39. The first-order valence-corrected chi connectivity index (χ1v) is 7.11. The number of hydrogen-bond acceptors (Lipinski definition) is 2. The molecule has 1 N–H and O–H groups in total. The van der Waals surface area contributed by atoms with Crippen molar-refractivity contribution in [1.82, 2.24) is 5.32 Å². The molecular weight excluding hydrogens is 253 g/mol. The first kappa shape index (κ1) is 14.8. The van der Waals surface area contributed by atoms with Crippen LogP contribution < -0.4 is 5.32 Å². The Bertz CT molecular complexity index is 530. The minimum Gasteiger partial charge on any atom is -0.460 e. The highest BCUT2D eigenvalue weighted by atomic mass is 19.1. The molecule has 0 aliphatic heterocycles. The summed E-state index contributed by atoms with van der Waals surface area (Å²) in [6, 6.07) is 10.2. The van der Waals surface area contributed by atoms with Gasteiger partial charge in [-0.2, -0.15) is 0 Å². The topological polar surface area (TPSA) is 25.2 Å². The van der Waals surface area contributed by atoms with E-state index in [4.69, 9.17) is 4.42 Å². The van der Waals surface area contributed by atoms with Crippen molar-refractivity contribution in [3.05, 3.63) is 48.0 Å². The third-order valence-electron chi connectivity index (χ3n) is 3.69. The number of halogens is 1. The summed E-state index contributed by atoms with van der Waals surface area (Å²) in [6.07, 6.45) is 0. The summed E-state index contributed by atoms with van der Waals surface area (Å²) in [7, 11) is 0. The van der Waals surface area contributed by atoms with Crippen LogP contribution in [-0.4, -0.2) is 6.54 Å². The van der Waals surface area contributed by atoms with Crippen molar-refractivity contribution in [2.24, 2.45) is 11.8 Å². The Hall–Kier alpha value is -1.61. The van der Waals surface area contributed by atoms with E-state index in [1.54, 1.807) is 12.1 Å². The van der Waals surface area contributed by atoms with Gasteiger partial charge in [0.25, 0.3) is 0 Å². The molecule has 0 fully saturated rings. The van der Waals surface area contributed by atoms with Crippen LogP contribution >= 0.6 is 0 Å². The molecule has 1 aromatic heterocycles. The van der Waals surface area contributed by atoms with Crippen LogP contribution in [0.3, 0.4) is 0 Å². The quantitative estimate of drug-likeness (QED) is 0.841. The Morgan fingerprint density at radius 3 is 2.40 bits per heavy atom. The fraction of sp³-hybridized carbons (Fsp3) is 0.412. The van der Waals surface area contributed by atoms with Gasteiger partial charge in [0.1, 0.15) is 17.3 Å². The van der Waals surface area contributed by atoms with E-state index >= 15 is 0 Å². The second-order valence-electron chi connectivity index (χ2n) is 5.63. The van der Waals surface area contributed by atoms with Crippen LogP contribution in [0.15, 0.2) is 40.8 Å². The molecule has 2 aromatic rings. The van der Waals surface area contributed by atoms with Crippen LogP contribution in [0.4, 0.5) is 4.39 Å². The SMILES string of the molecule is CC(C)C(C)CNCc1ccc(-c2ccc(F)cc2)o1. The number of benzene rings is 1. The van der Waals surface area contributed by atoms with Gasteiger partial charge in [-0.25, -0.2) is 4.39 Å². The van der Waals surface area contributed by atoms with Crippen molar-refractivity contribution < 1.29 is 8.81 Å². The molecule has 20 heavy (non-hydrogen) atoms. The maximum atomic E-state index is 12.9. The van der Waals surface area contributed by atoms with Gasteiger partial charge in [-0.1, -0.05) is 20.8 Å². The standard InChI is InChI=1S/C17H22FNO/c1-12(2)13(3)10-19-11-16-8-9-17(20-16)14-4-6-15(18)7-5-14/h4-9,12-13,19H,10-11H2,1-3H3. The molecule has 2 rings (SSSR count). The zero-order valence-corrected chi connectivity index (χ0v) is 12.3. The molecular formula is C17H22FNO. The number of furan rings is 1. The van der Waals surface area contributed by atoms with Gasteiger partial charge >= 0.3 is 0 Å². The monoisotopic (exact) mass is 275 g/mol. The van der Waals surface area contributed by atoms with Crippen molar-refractivity contribution in [2.75, 3.05) is 6.54 Å². The van der Waals surface area contributed by atoms with Crippen LogP contribution in [-0.2, 0) is 6.54 Å². The lowest BCUT2D eigenvalue weighted by Gasteiger charge is -2.15. The van der Waals surface area contributed by atoms with E-state index in [0.717, 1.165) is 30.2 Å². The van der Waals surface area contributed by atoms with E-state index in [0.29, 0.717) is 11.8 Å². The van der Waals surface area contributed by atoms with Gasteiger partial charge in [0, 0.05) is 5.56 Å². The second kappa shape index (κ2) is 6.71. The zero-order valence-electron chi connectivity index (χ0n) is 12.3. The molecule has 0 radical (unpaired) electrons. The van der Waals surface area contributed by atoms with E-state index in [1.165, 1.54) is 12.1 Å². The van der Waals surface area contributed by atoms with Gasteiger partial charge in [-0.3, -0.25) is 0 Å². The van der Waals surface area contributed by atoms with Gasteiger partial charge in [-0.15, -0.1) is 0 Å². The van der Waals surface area contributed by atoms with Crippen LogP contribution in [0.5, 0.6) is 0 Å². The fourth-order valence-electron chi connectivity index (χ4n) is 1.90. The minimum atomic E-state index is -0.232. The first-order chi connectivity index (χ1) is 9.56. The molecule has 0 spiro atoms. The molecule has 0 aliphatic carbocycles. The zero-order chi connectivity index (χ0) is 14.5. The second-order valence-corrected chi connectivity index (χ2v) is 5.63. The molecule has 2 nitrogen and oxygen atoms in total.